The van der Waals surface area contributed by atoms with Gasteiger partial charge in [0, 0.05) is 0 Å². The van der Waals surface area contributed by atoms with Gasteiger partial charge in [0.05, 0.1) is 7.11 Å². The Bertz CT molecular complexity index is 304. The average molecular weight is 196 g/mol. The van der Waals surface area contributed by atoms with Gasteiger partial charge in [0.15, 0.2) is 5.78 Å². The predicted octanol–water partition coefficient (Wildman–Crippen LogP) is 0.290. The lowest BCUT2D eigenvalue weighted by Gasteiger charge is -2.08. The Morgan fingerprint density at radius 2 is 2.00 bits per heavy atom. The number of rotatable bonds is 4. The molecule has 1 atom stereocenters. The second kappa shape index (κ2) is 4.74. The minimum atomic E-state index is -1.26. The molecule has 4 heteroatoms. The first kappa shape index (κ1) is 10.7. The van der Waals surface area contributed by atoms with Crippen LogP contribution in [0.1, 0.15) is 11.7 Å². The van der Waals surface area contributed by atoms with E-state index in [0.29, 0.717) is 11.3 Å². The SMILES string of the molecule is COc1ccc([C@H](O)C(=O)CO)cc1. The summed E-state index contributed by atoms with van der Waals surface area (Å²) < 4.78 is 4.92. The molecule has 2 N–H and O–H groups in total. The Morgan fingerprint density at radius 1 is 1.43 bits per heavy atom. The fourth-order valence-corrected chi connectivity index (χ4v) is 1.06. The summed E-state index contributed by atoms with van der Waals surface area (Å²) in [6.45, 7) is -0.660. The number of carbonyl (C=O) groups is 1. The minimum Gasteiger partial charge on any atom is -0.497 e. The Labute approximate surface area is 81.8 Å². The molecule has 0 saturated heterocycles. The number of methoxy groups -OCH3 is 1. The van der Waals surface area contributed by atoms with Crippen molar-refractivity contribution < 1.29 is 19.7 Å². The monoisotopic (exact) mass is 196 g/mol. The van der Waals surface area contributed by atoms with E-state index in [4.69, 9.17) is 9.84 Å². The van der Waals surface area contributed by atoms with Crippen molar-refractivity contribution in [3.8, 4) is 5.75 Å². The molecule has 1 rings (SSSR count). The van der Waals surface area contributed by atoms with Gasteiger partial charge in [0.2, 0.25) is 0 Å². The van der Waals surface area contributed by atoms with Crippen LogP contribution in [0.2, 0.25) is 0 Å². The third-order valence-corrected chi connectivity index (χ3v) is 1.89. The number of hydrogen-bond acceptors (Lipinski definition) is 4. The Balaban J connectivity index is 2.81. The van der Waals surface area contributed by atoms with Gasteiger partial charge in [-0.3, -0.25) is 4.79 Å². The second-order valence-electron chi connectivity index (χ2n) is 2.80. The van der Waals surface area contributed by atoms with Gasteiger partial charge in [0.1, 0.15) is 18.5 Å². The lowest BCUT2D eigenvalue weighted by molar-refractivity contribution is -0.130. The molecular formula is C10H12O4. The number of ketones is 1. The molecule has 0 spiro atoms. The van der Waals surface area contributed by atoms with Crippen molar-refractivity contribution in [2.24, 2.45) is 0 Å². The fourth-order valence-electron chi connectivity index (χ4n) is 1.06. The van der Waals surface area contributed by atoms with E-state index in [9.17, 15) is 9.90 Å². The summed E-state index contributed by atoms with van der Waals surface area (Å²) in [4.78, 5) is 10.9. The van der Waals surface area contributed by atoms with Crippen molar-refractivity contribution in [2.75, 3.05) is 13.7 Å². The van der Waals surface area contributed by atoms with Crippen LogP contribution in [0.3, 0.4) is 0 Å². The van der Waals surface area contributed by atoms with E-state index in [1.165, 1.54) is 7.11 Å². The summed E-state index contributed by atoms with van der Waals surface area (Å²) in [6.07, 6.45) is -1.26. The smallest absolute Gasteiger partial charge is 0.191 e. The Morgan fingerprint density at radius 3 is 2.43 bits per heavy atom. The normalized spacial score (nSPS) is 12.2. The molecule has 0 amide bonds. The number of aliphatic hydroxyl groups excluding tert-OH is 2. The van der Waals surface area contributed by atoms with Gasteiger partial charge in [-0.05, 0) is 17.7 Å². The highest BCUT2D eigenvalue weighted by atomic mass is 16.5. The van der Waals surface area contributed by atoms with E-state index in [1.54, 1.807) is 24.3 Å². The van der Waals surface area contributed by atoms with Gasteiger partial charge in [-0.15, -0.1) is 0 Å². The summed E-state index contributed by atoms with van der Waals surface area (Å²) >= 11 is 0. The average Bonchev–Trinajstić information content (AvgIpc) is 2.27. The predicted molar refractivity (Wildman–Crippen MR) is 50.0 cm³/mol. The van der Waals surface area contributed by atoms with Crippen LogP contribution in [0.25, 0.3) is 0 Å². The van der Waals surface area contributed by atoms with E-state index in [1.807, 2.05) is 0 Å². The van der Waals surface area contributed by atoms with Crippen molar-refractivity contribution >= 4 is 5.78 Å². The zero-order valence-electron chi connectivity index (χ0n) is 7.80. The highest BCUT2D eigenvalue weighted by molar-refractivity contribution is 5.85. The third kappa shape index (κ3) is 2.31. The van der Waals surface area contributed by atoms with E-state index < -0.39 is 18.5 Å². The number of Topliss-reactive ketones (excluding diaryl/α,β-unsaturated/α-hetero) is 1. The first-order valence-electron chi connectivity index (χ1n) is 4.14. The molecule has 14 heavy (non-hydrogen) atoms. The lowest BCUT2D eigenvalue weighted by Crippen LogP contribution is -2.15. The maximum atomic E-state index is 10.9. The van der Waals surface area contributed by atoms with Crippen molar-refractivity contribution in [2.45, 2.75) is 6.10 Å². The quantitative estimate of drug-likeness (QED) is 0.726. The van der Waals surface area contributed by atoms with Gasteiger partial charge in [-0.1, -0.05) is 12.1 Å². The van der Waals surface area contributed by atoms with Gasteiger partial charge in [-0.25, -0.2) is 0 Å². The maximum absolute atomic E-state index is 10.9. The van der Waals surface area contributed by atoms with Crippen LogP contribution in [0.15, 0.2) is 24.3 Å². The lowest BCUT2D eigenvalue weighted by atomic mass is 10.1. The maximum Gasteiger partial charge on any atom is 0.191 e. The molecule has 0 aliphatic rings. The first-order chi connectivity index (χ1) is 6.69. The summed E-state index contributed by atoms with van der Waals surface area (Å²) in [5.74, 6) is 0.0348. The van der Waals surface area contributed by atoms with Crippen molar-refractivity contribution in [3.63, 3.8) is 0 Å². The minimum absolute atomic E-state index is 0.449. The molecule has 1 aromatic rings. The molecule has 76 valence electrons. The number of benzene rings is 1. The topological polar surface area (TPSA) is 66.8 Å². The summed E-state index contributed by atoms with van der Waals surface area (Å²) in [5.41, 5.74) is 0.449. The summed E-state index contributed by atoms with van der Waals surface area (Å²) in [5, 5.41) is 17.9. The largest absolute Gasteiger partial charge is 0.497 e. The fraction of sp³-hybridized carbons (Fsp3) is 0.300. The molecule has 1 aromatic carbocycles. The summed E-state index contributed by atoms with van der Waals surface area (Å²) in [7, 11) is 1.53. The molecular weight excluding hydrogens is 184 g/mol. The molecule has 4 nitrogen and oxygen atoms in total. The van der Waals surface area contributed by atoms with Crippen LogP contribution in [-0.4, -0.2) is 29.7 Å². The molecule has 0 heterocycles. The van der Waals surface area contributed by atoms with E-state index in [0.717, 1.165) is 0 Å². The van der Waals surface area contributed by atoms with Gasteiger partial charge >= 0.3 is 0 Å². The van der Waals surface area contributed by atoms with Crippen molar-refractivity contribution in [1.82, 2.24) is 0 Å². The second-order valence-corrected chi connectivity index (χ2v) is 2.80. The third-order valence-electron chi connectivity index (χ3n) is 1.89. The van der Waals surface area contributed by atoms with Gasteiger partial charge in [-0.2, -0.15) is 0 Å². The van der Waals surface area contributed by atoms with E-state index in [-0.39, 0.29) is 0 Å². The number of ether oxygens (including phenoxy) is 1. The van der Waals surface area contributed by atoms with Crippen LogP contribution in [0, 0.1) is 0 Å². The van der Waals surface area contributed by atoms with Crippen LogP contribution >= 0.6 is 0 Å². The van der Waals surface area contributed by atoms with Gasteiger partial charge in [0.25, 0.3) is 0 Å². The van der Waals surface area contributed by atoms with Crippen molar-refractivity contribution in [1.29, 1.82) is 0 Å². The highest BCUT2D eigenvalue weighted by Crippen LogP contribution is 2.17. The number of hydrogen-bond donors (Lipinski definition) is 2. The van der Waals surface area contributed by atoms with Gasteiger partial charge < -0.3 is 14.9 Å². The first-order valence-corrected chi connectivity index (χ1v) is 4.14. The van der Waals surface area contributed by atoms with Crippen LogP contribution in [0.4, 0.5) is 0 Å². The number of aliphatic hydroxyl groups is 2. The van der Waals surface area contributed by atoms with Crippen LogP contribution in [-0.2, 0) is 4.79 Å². The highest BCUT2D eigenvalue weighted by Gasteiger charge is 2.15. The Kier molecular flexibility index (Phi) is 3.62. The zero-order chi connectivity index (χ0) is 10.6. The zero-order valence-corrected chi connectivity index (χ0v) is 7.80. The molecule has 0 radical (unpaired) electrons. The van der Waals surface area contributed by atoms with Crippen LogP contribution < -0.4 is 4.74 Å². The summed E-state index contributed by atoms with van der Waals surface area (Å²) in [6, 6.07) is 6.44. The van der Waals surface area contributed by atoms with Crippen molar-refractivity contribution in [3.05, 3.63) is 29.8 Å². The van der Waals surface area contributed by atoms with Crippen LogP contribution in [0.5, 0.6) is 5.75 Å². The molecule has 0 aromatic heterocycles. The molecule has 0 aliphatic carbocycles. The molecule has 0 unspecified atom stereocenters. The standard InChI is InChI=1S/C10H12O4/c1-14-8-4-2-7(3-5-8)10(13)9(12)6-11/h2-5,10-11,13H,6H2,1H3/t10-/m0/s1. The molecule has 0 saturated carbocycles. The Hall–Kier alpha value is -1.39. The number of carbonyl (C=O) groups excluding carboxylic acids is 1. The molecule has 0 bridgehead atoms. The van der Waals surface area contributed by atoms with E-state index >= 15 is 0 Å². The van der Waals surface area contributed by atoms with E-state index in [2.05, 4.69) is 0 Å². The molecule has 0 fully saturated rings. The molecule has 0 aliphatic heterocycles.